The molecule has 3 N–H and O–H groups in total. The first-order valence-electron chi connectivity index (χ1n) is 12.5. The number of para-hydroxylation sites is 1. The number of hydrogen-bond acceptors (Lipinski definition) is 10. The Morgan fingerprint density at radius 1 is 1.24 bits per heavy atom. The van der Waals surface area contributed by atoms with Crippen LogP contribution in [0.2, 0.25) is 0 Å². The summed E-state index contributed by atoms with van der Waals surface area (Å²) in [4.78, 5) is 21.6. The molecule has 3 aromatic heterocycles. The van der Waals surface area contributed by atoms with E-state index >= 15 is 0 Å². The summed E-state index contributed by atoms with van der Waals surface area (Å²) in [5.74, 6) is 9.17. The fraction of sp³-hybridized carbons (Fsp3) is 0.346. The Hall–Kier alpha value is -4.29. The van der Waals surface area contributed by atoms with E-state index in [-0.39, 0.29) is 5.78 Å². The van der Waals surface area contributed by atoms with E-state index in [1.165, 1.54) is 11.2 Å². The molecule has 0 bridgehead atoms. The van der Waals surface area contributed by atoms with Crippen molar-refractivity contribution < 1.29 is 14.3 Å². The molecule has 198 valence electrons. The number of ether oxygens (including phenoxy) is 2. The van der Waals surface area contributed by atoms with Crippen molar-refractivity contribution in [3.63, 3.8) is 0 Å². The molecule has 0 radical (unpaired) electrons. The zero-order chi connectivity index (χ0) is 26.6. The molecule has 4 heterocycles. The van der Waals surface area contributed by atoms with Gasteiger partial charge in [0.05, 0.1) is 30.5 Å². The van der Waals surface area contributed by atoms with Crippen LogP contribution in [0.5, 0.6) is 5.75 Å². The third-order valence-corrected chi connectivity index (χ3v) is 6.43. The number of anilines is 4. The molecule has 1 aliphatic rings. The highest BCUT2D eigenvalue weighted by Gasteiger charge is 2.23. The lowest BCUT2D eigenvalue weighted by Gasteiger charge is -2.24. The molecular formula is C26H31N9O3. The lowest BCUT2D eigenvalue weighted by atomic mass is 10.1. The van der Waals surface area contributed by atoms with Gasteiger partial charge in [0.15, 0.2) is 23.2 Å². The third-order valence-electron chi connectivity index (χ3n) is 6.43. The van der Waals surface area contributed by atoms with E-state index < -0.39 is 0 Å². The van der Waals surface area contributed by atoms with Gasteiger partial charge in [0.25, 0.3) is 0 Å². The zero-order valence-corrected chi connectivity index (χ0v) is 21.7. The van der Waals surface area contributed by atoms with Gasteiger partial charge in [-0.15, -0.1) is 0 Å². The molecule has 0 saturated carbocycles. The number of nitrogens with one attached hydrogen (secondary N) is 1. The first kappa shape index (κ1) is 25.4. The van der Waals surface area contributed by atoms with E-state index in [1.807, 2.05) is 35.1 Å². The van der Waals surface area contributed by atoms with Crippen LogP contribution >= 0.6 is 0 Å². The van der Waals surface area contributed by atoms with Crippen molar-refractivity contribution in [2.45, 2.75) is 26.3 Å². The Morgan fingerprint density at radius 2 is 2.11 bits per heavy atom. The number of aromatic nitrogens is 6. The summed E-state index contributed by atoms with van der Waals surface area (Å²) in [6.45, 7) is 4.15. The van der Waals surface area contributed by atoms with Gasteiger partial charge in [-0.1, -0.05) is 13.0 Å². The molecule has 0 amide bonds. The van der Waals surface area contributed by atoms with Gasteiger partial charge in [0, 0.05) is 57.1 Å². The Kier molecular flexibility index (Phi) is 7.33. The minimum Gasteiger partial charge on any atom is -0.494 e. The van der Waals surface area contributed by atoms with Crippen molar-refractivity contribution in [1.82, 2.24) is 29.5 Å². The molecule has 1 unspecified atom stereocenters. The van der Waals surface area contributed by atoms with Crippen molar-refractivity contribution in [2.75, 3.05) is 30.6 Å². The molecule has 5 rings (SSSR count). The number of rotatable bonds is 10. The second kappa shape index (κ2) is 11.0. The molecule has 1 atom stereocenters. The lowest BCUT2D eigenvalue weighted by Crippen LogP contribution is -2.28. The van der Waals surface area contributed by atoms with Crippen LogP contribution in [0.15, 0.2) is 49.1 Å². The van der Waals surface area contributed by atoms with Gasteiger partial charge in [-0.3, -0.25) is 19.2 Å². The van der Waals surface area contributed by atoms with E-state index in [0.717, 1.165) is 26.2 Å². The third kappa shape index (κ3) is 5.22. The molecule has 1 aromatic carbocycles. The van der Waals surface area contributed by atoms with Gasteiger partial charge in [-0.2, -0.15) is 10.2 Å². The average Bonchev–Trinajstić information content (AvgIpc) is 3.71. The number of hydrazine groups is 1. The number of nitrogens with two attached hydrogens (primary N) is 1. The van der Waals surface area contributed by atoms with Crippen LogP contribution in [-0.2, 0) is 18.3 Å². The summed E-state index contributed by atoms with van der Waals surface area (Å²) >= 11 is 0. The van der Waals surface area contributed by atoms with Crippen LogP contribution in [0.1, 0.15) is 30.1 Å². The molecule has 38 heavy (non-hydrogen) atoms. The highest BCUT2D eigenvalue weighted by molar-refractivity contribution is 6.02. The summed E-state index contributed by atoms with van der Waals surface area (Å²) in [5.41, 5.74) is 2.09. The fourth-order valence-corrected chi connectivity index (χ4v) is 4.47. The summed E-state index contributed by atoms with van der Waals surface area (Å²) in [6.07, 6.45) is 6.41. The number of benzene rings is 1. The van der Waals surface area contributed by atoms with E-state index in [9.17, 15) is 4.79 Å². The van der Waals surface area contributed by atoms with E-state index in [1.54, 1.807) is 38.2 Å². The van der Waals surface area contributed by atoms with Crippen LogP contribution in [0, 0.1) is 5.92 Å². The van der Waals surface area contributed by atoms with Crippen molar-refractivity contribution in [3.8, 4) is 17.1 Å². The SMILES string of the molecule is CCC(=O)c1cnc(Nc2ccn(CC3CCOC3)n2)cc1N(N)c1cccc(-c2ncn(C)n2)c1OC. The number of aryl methyl sites for hydroxylation is 1. The monoisotopic (exact) mass is 517 g/mol. The Bertz CT molecular complexity index is 1430. The Labute approximate surface area is 220 Å². The molecular weight excluding hydrogens is 486 g/mol. The maximum atomic E-state index is 12.8. The Balaban J connectivity index is 1.47. The van der Waals surface area contributed by atoms with E-state index in [0.29, 0.717) is 58.1 Å². The topological polar surface area (TPSA) is 138 Å². The highest BCUT2D eigenvalue weighted by Crippen LogP contribution is 2.40. The summed E-state index contributed by atoms with van der Waals surface area (Å²) in [7, 11) is 3.35. The molecule has 0 aliphatic carbocycles. The predicted octanol–water partition coefficient (Wildman–Crippen LogP) is 3.47. The summed E-state index contributed by atoms with van der Waals surface area (Å²) in [5, 5.41) is 13.7. The van der Waals surface area contributed by atoms with Gasteiger partial charge >= 0.3 is 0 Å². The number of methoxy groups -OCH3 is 1. The lowest BCUT2D eigenvalue weighted by molar-refractivity contribution is 0.0988. The van der Waals surface area contributed by atoms with Crippen molar-refractivity contribution >= 4 is 28.8 Å². The van der Waals surface area contributed by atoms with E-state index in [2.05, 4.69) is 25.5 Å². The minimum atomic E-state index is -0.0842. The average molecular weight is 518 g/mol. The smallest absolute Gasteiger partial charge is 0.184 e. The first-order chi connectivity index (χ1) is 18.5. The zero-order valence-electron chi connectivity index (χ0n) is 21.7. The summed E-state index contributed by atoms with van der Waals surface area (Å²) < 4.78 is 14.7. The van der Waals surface area contributed by atoms with Crippen LogP contribution in [0.3, 0.4) is 0 Å². The number of carbonyl (C=O) groups is 1. The first-order valence-corrected chi connectivity index (χ1v) is 12.5. The molecule has 1 saturated heterocycles. The number of hydrogen-bond donors (Lipinski definition) is 2. The van der Waals surface area contributed by atoms with Crippen LogP contribution in [0.25, 0.3) is 11.4 Å². The highest BCUT2D eigenvalue weighted by atomic mass is 16.5. The van der Waals surface area contributed by atoms with Crippen molar-refractivity contribution in [2.24, 2.45) is 18.8 Å². The fourth-order valence-electron chi connectivity index (χ4n) is 4.47. The Morgan fingerprint density at radius 3 is 2.82 bits per heavy atom. The summed E-state index contributed by atoms with van der Waals surface area (Å²) in [6, 6.07) is 9.13. The molecule has 12 heteroatoms. The number of pyridine rings is 1. The normalized spacial score (nSPS) is 15.0. The maximum Gasteiger partial charge on any atom is 0.184 e. The maximum absolute atomic E-state index is 12.8. The van der Waals surface area contributed by atoms with Crippen LogP contribution in [0.4, 0.5) is 23.0 Å². The standard InChI is InChI=1S/C26H31N9O3/c1-4-22(36)19-13-28-24(30-23-8-10-34(31-23)14-17-9-11-38-15-17)12-21(19)35(27)20-7-5-6-18(25(20)37-3)26-29-16-33(2)32-26/h5-8,10,12-13,16-17H,4,9,11,14-15,27H2,1-3H3,(H,28,30,31). The number of Topliss-reactive ketones (excluding diaryl/α,β-unsaturated/α-hetero) is 1. The van der Waals surface area contributed by atoms with Gasteiger partial charge in [0.1, 0.15) is 17.8 Å². The van der Waals surface area contributed by atoms with Gasteiger partial charge in [-0.05, 0) is 18.6 Å². The minimum absolute atomic E-state index is 0.0842. The molecule has 12 nitrogen and oxygen atoms in total. The van der Waals surface area contributed by atoms with Gasteiger partial charge in [0.2, 0.25) is 0 Å². The molecule has 1 fully saturated rings. The van der Waals surface area contributed by atoms with Crippen molar-refractivity contribution in [3.05, 3.63) is 54.6 Å². The second-order valence-corrected chi connectivity index (χ2v) is 9.11. The number of carbonyl (C=O) groups excluding carboxylic acids is 1. The molecule has 1 aliphatic heterocycles. The molecule has 4 aromatic rings. The van der Waals surface area contributed by atoms with Crippen LogP contribution in [-0.4, -0.2) is 55.6 Å². The van der Waals surface area contributed by atoms with E-state index in [4.69, 9.17) is 15.3 Å². The second-order valence-electron chi connectivity index (χ2n) is 9.11. The molecule has 0 spiro atoms. The largest absolute Gasteiger partial charge is 0.494 e. The van der Waals surface area contributed by atoms with Crippen LogP contribution < -0.4 is 20.9 Å². The number of nitrogens with zero attached hydrogens (tertiary/aromatic N) is 7. The predicted molar refractivity (Wildman–Crippen MR) is 143 cm³/mol. The van der Waals surface area contributed by atoms with Gasteiger partial charge < -0.3 is 14.8 Å². The number of ketones is 1. The quantitative estimate of drug-likeness (QED) is 0.183. The van der Waals surface area contributed by atoms with Crippen molar-refractivity contribution in [1.29, 1.82) is 0 Å². The van der Waals surface area contributed by atoms with Gasteiger partial charge in [-0.25, -0.2) is 15.8 Å².